The zero-order chi connectivity index (χ0) is 9.80. The van der Waals surface area contributed by atoms with E-state index in [2.05, 4.69) is 10.3 Å². The van der Waals surface area contributed by atoms with Crippen LogP contribution in [-0.4, -0.2) is 35.5 Å². The number of urea groups is 1. The maximum Gasteiger partial charge on any atom is 0.317 e. The molecular weight excluding hydrogens is 178 g/mol. The number of rotatable bonds is 3. The highest BCUT2D eigenvalue weighted by Gasteiger charge is 2.18. The molecule has 0 unspecified atom stereocenters. The highest BCUT2D eigenvalue weighted by Crippen LogP contribution is 2.02. The van der Waals surface area contributed by atoms with E-state index in [1.54, 1.807) is 6.20 Å². The van der Waals surface area contributed by atoms with Crippen LogP contribution >= 0.6 is 0 Å². The van der Waals surface area contributed by atoms with Crippen LogP contribution < -0.4 is 5.32 Å². The van der Waals surface area contributed by atoms with Gasteiger partial charge in [0.05, 0.1) is 0 Å². The number of nitrogens with one attached hydrogen (secondary N) is 1. The lowest BCUT2D eigenvalue weighted by Gasteiger charge is -2.13. The number of hydrogen-bond acceptors (Lipinski definition) is 2. The third-order valence-corrected chi connectivity index (χ3v) is 2.34. The highest BCUT2D eigenvalue weighted by atomic mass is 16.2. The van der Waals surface area contributed by atoms with Crippen LogP contribution in [0.3, 0.4) is 0 Å². The van der Waals surface area contributed by atoms with Crippen LogP contribution in [-0.2, 0) is 6.42 Å². The third kappa shape index (κ3) is 2.02. The second-order valence-corrected chi connectivity index (χ2v) is 3.33. The van der Waals surface area contributed by atoms with Crippen LogP contribution in [0, 0.1) is 0 Å². The summed E-state index contributed by atoms with van der Waals surface area (Å²) < 4.78 is 0. The van der Waals surface area contributed by atoms with E-state index in [0.29, 0.717) is 0 Å². The molecule has 2 heterocycles. The molecule has 0 saturated carbocycles. The Kier molecular flexibility index (Phi) is 2.62. The Balaban J connectivity index is 1.85. The molecule has 1 aromatic heterocycles. The first kappa shape index (κ1) is 8.99. The SMILES string of the molecule is O=C1NCCN1CCc1cccnc1. The summed E-state index contributed by atoms with van der Waals surface area (Å²) in [5.41, 5.74) is 1.17. The molecule has 1 aromatic rings. The quantitative estimate of drug-likeness (QED) is 0.762. The van der Waals surface area contributed by atoms with E-state index in [1.165, 1.54) is 5.56 Å². The number of hydrogen-bond donors (Lipinski definition) is 1. The van der Waals surface area contributed by atoms with E-state index in [4.69, 9.17) is 0 Å². The minimum atomic E-state index is 0.0499. The Morgan fingerprint density at radius 2 is 2.50 bits per heavy atom. The molecule has 1 fully saturated rings. The fourth-order valence-corrected chi connectivity index (χ4v) is 1.53. The summed E-state index contributed by atoms with van der Waals surface area (Å²) in [4.78, 5) is 17.1. The molecule has 4 heteroatoms. The average Bonchev–Trinajstić information content (AvgIpc) is 2.63. The van der Waals surface area contributed by atoms with Crippen LogP contribution in [0.5, 0.6) is 0 Å². The smallest absolute Gasteiger partial charge is 0.317 e. The van der Waals surface area contributed by atoms with Crippen LogP contribution in [0.1, 0.15) is 5.56 Å². The molecule has 2 amide bonds. The zero-order valence-corrected chi connectivity index (χ0v) is 7.94. The molecular formula is C10H13N3O. The molecule has 0 radical (unpaired) electrons. The van der Waals surface area contributed by atoms with Gasteiger partial charge in [-0.1, -0.05) is 6.07 Å². The first-order valence-electron chi connectivity index (χ1n) is 4.78. The van der Waals surface area contributed by atoms with Crippen molar-refractivity contribution in [3.05, 3.63) is 30.1 Å². The molecule has 1 saturated heterocycles. The summed E-state index contributed by atoms with van der Waals surface area (Å²) in [6.45, 7) is 2.36. The third-order valence-electron chi connectivity index (χ3n) is 2.34. The molecule has 1 aliphatic heterocycles. The first-order chi connectivity index (χ1) is 6.86. The predicted molar refractivity (Wildman–Crippen MR) is 52.9 cm³/mol. The standard InChI is InChI=1S/C10H13N3O/c14-10-12-5-7-13(10)6-3-9-2-1-4-11-8-9/h1-2,4,8H,3,5-7H2,(H,12,14). The Morgan fingerprint density at radius 3 is 3.14 bits per heavy atom. The van der Waals surface area contributed by atoms with Crippen molar-refractivity contribution in [2.24, 2.45) is 0 Å². The monoisotopic (exact) mass is 191 g/mol. The maximum absolute atomic E-state index is 11.2. The van der Waals surface area contributed by atoms with Gasteiger partial charge in [-0.2, -0.15) is 0 Å². The molecule has 0 atom stereocenters. The summed E-state index contributed by atoms with van der Waals surface area (Å²) in [7, 11) is 0. The van der Waals surface area contributed by atoms with Crippen LogP contribution in [0.4, 0.5) is 4.79 Å². The van der Waals surface area contributed by atoms with Gasteiger partial charge in [-0.05, 0) is 18.1 Å². The Bertz CT molecular complexity index is 312. The molecule has 0 bridgehead atoms. The number of nitrogens with zero attached hydrogens (tertiary/aromatic N) is 2. The summed E-state index contributed by atoms with van der Waals surface area (Å²) in [5, 5.41) is 2.78. The van der Waals surface area contributed by atoms with Crippen molar-refractivity contribution in [3.63, 3.8) is 0 Å². The van der Waals surface area contributed by atoms with Gasteiger partial charge in [0, 0.05) is 32.0 Å². The van der Waals surface area contributed by atoms with Gasteiger partial charge < -0.3 is 10.2 Å². The van der Waals surface area contributed by atoms with Crippen LogP contribution in [0.25, 0.3) is 0 Å². The van der Waals surface area contributed by atoms with Gasteiger partial charge in [-0.15, -0.1) is 0 Å². The molecule has 1 aliphatic rings. The summed E-state index contributed by atoms with van der Waals surface area (Å²) >= 11 is 0. The van der Waals surface area contributed by atoms with E-state index < -0.39 is 0 Å². The van der Waals surface area contributed by atoms with Crippen LogP contribution in [0.15, 0.2) is 24.5 Å². The van der Waals surface area contributed by atoms with Gasteiger partial charge in [0.1, 0.15) is 0 Å². The lowest BCUT2D eigenvalue weighted by molar-refractivity contribution is 0.218. The Morgan fingerprint density at radius 1 is 1.57 bits per heavy atom. The Labute approximate surface area is 82.9 Å². The maximum atomic E-state index is 11.2. The molecule has 2 rings (SSSR count). The van der Waals surface area contributed by atoms with E-state index >= 15 is 0 Å². The summed E-state index contributed by atoms with van der Waals surface area (Å²) in [5.74, 6) is 0. The molecule has 0 aliphatic carbocycles. The second-order valence-electron chi connectivity index (χ2n) is 3.33. The van der Waals surface area contributed by atoms with Gasteiger partial charge in [0.15, 0.2) is 0 Å². The van der Waals surface area contributed by atoms with Crippen LogP contribution in [0.2, 0.25) is 0 Å². The molecule has 0 aromatic carbocycles. The van der Waals surface area contributed by atoms with Crippen molar-refractivity contribution < 1.29 is 4.79 Å². The molecule has 74 valence electrons. The van der Waals surface area contributed by atoms with E-state index in [9.17, 15) is 4.79 Å². The fourth-order valence-electron chi connectivity index (χ4n) is 1.53. The van der Waals surface area contributed by atoms with Gasteiger partial charge in [0.2, 0.25) is 0 Å². The number of aromatic nitrogens is 1. The average molecular weight is 191 g/mol. The summed E-state index contributed by atoms with van der Waals surface area (Å²) in [6, 6.07) is 3.99. The topological polar surface area (TPSA) is 45.2 Å². The van der Waals surface area contributed by atoms with Gasteiger partial charge in [-0.3, -0.25) is 4.98 Å². The molecule has 4 nitrogen and oxygen atoms in total. The van der Waals surface area contributed by atoms with Crippen molar-refractivity contribution in [1.82, 2.24) is 15.2 Å². The van der Waals surface area contributed by atoms with Crippen molar-refractivity contribution >= 4 is 6.03 Å². The fraction of sp³-hybridized carbons (Fsp3) is 0.400. The number of amides is 2. The molecule has 1 N–H and O–H groups in total. The zero-order valence-electron chi connectivity index (χ0n) is 7.94. The van der Waals surface area contributed by atoms with Crippen molar-refractivity contribution in [2.45, 2.75) is 6.42 Å². The van der Waals surface area contributed by atoms with Gasteiger partial charge in [0.25, 0.3) is 0 Å². The number of carbonyl (C=O) groups is 1. The van der Waals surface area contributed by atoms with E-state index in [0.717, 1.165) is 26.1 Å². The second kappa shape index (κ2) is 4.09. The molecule has 0 spiro atoms. The highest BCUT2D eigenvalue weighted by molar-refractivity contribution is 5.76. The van der Waals surface area contributed by atoms with Gasteiger partial charge in [-0.25, -0.2) is 4.79 Å². The van der Waals surface area contributed by atoms with Gasteiger partial charge >= 0.3 is 6.03 Å². The normalized spacial score (nSPS) is 15.7. The summed E-state index contributed by atoms with van der Waals surface area (Å²) in [6.07, 6.45) is 4.47. The minimum Gasteiger partial charge on any atom is -0.336 e. The lowest BCUT2D eigenvalue weighted by atomic mass is 10.2. The molecule has 14 heavy (non-hydrogen) atoms. The predicted octanol–water partition coefficient (Wildman–Crippen LogP) is 0.649. The first-order valence-corrected chi connectivity index (χ1v) is 4.78. The van der Waals surface area contributed by atoms with Crippen molar-refractivity contribution in [3.8, 4) is 0 Å². The van der Waals surface area contributed by atoms with E-state index in [1.807, 2.05) is 23.2 Å². The largest absolute Gasteiger partial charge is 0.336 e. The van der Waals surface area contributed by atoms with Crippen molar-refractivity contribution in [2.75, 3.05) is 19.6 Å². The van der Waals surface area contributed by atoms with E-state index in [-0.39, 0.29) is 6.03 Å². The van der Waals surface area contributed by atoms with Crippen molar-refractivity contribution in [1.29, 1.82) is 0 Å². The number of pyridine rings is 1. The Hall–Kier alpha value is -1.58. The lowest BCUT2D eigenvalue weighted by Crippen LogP contribution is -2.29. The number of carbonyl (C=O) groups excluding carboxylic acids is 1. The minimum absolute atomic E-state index is 0.0499.